The van der Waals surface area contributed by atoms with Gasteiger partial charge in [0.25, 0.3) is 5.91 Å². The van der Waals surface area contributed by atoms with Crippen molar-refractivity contribution in [3.8, 4) is 5.75 Å². The van der Waals surface area contributed by atoms with Gasteiger partial charge in [-0.1, -0.05) is 26.0 Å². The SMILES string of the molecule is Cc1ccc(C(C)C)c(OCC(=O)N2CCN(CC(=O)Nc3ccc(F)cc3)CC2)c1. The fraction of sp³-hybridized carbons (Fsp3) is 0.417. The largest absolute Gasteiger partial charge is 0.483 e. The van der Waals surface area contributed by atoms with Crippen molar-refractivity contribution < 1.29 is 18.7 Å². The number of benzene rings is 2. The van der Waals surface area contributed by atoms with E-state index in [0.717, 1.165) is 16.9 Å². The van der Waals surface area contributed by atoms with Gasteiger partial charge in [-0.05, 0) is 54.3 Å². The van der Waals surface area contributed by atoms with Crippen LogP contribution < -0.4 is 10.1 Å². The van der Waals surface area contributed by atoms with Gasteiger partial charge in [-0.25, -0.2) is 4.39 Å². The highest BCUT2D eigenvalue weighted by atomic mass is 19.1. The van der Waals surface area contributed by atoms with Crippen LogP contribution in [0.1, 0.15) is 30.9 Å². The molecule has 1 heterocycles. The topological polar surface area (TPSA) is 61.9 Å². The number of anilines is 1. The van der Waals surface area contributed by atoms with Gasteiger partial charge < -0.3 is 15.0 Å². The minimum atomic E-state index is -0.342. The van der Waals surface area contributed by atoms with Crippen LogP contribution in [0.3, 0.4) is 0 Å². The molecule has 1 fully saturated rings. The van der Waals surface area contributed by atoms with Crippen molar-refractivity contribution in [1.82, 2.24) is 9.80 Å². The van der Waals surface area contributed by atoms with Crippen molar-refractivity contribution in [3.05, 3.63) is 59.4 Å². The van der Waals surface area contributed by atoms with Gasteiger partial charge in [-0.15, -0.1) is 0 Å². The Hall–Kier alpha value is -2.93. The number of amides is 2. The highest BCUT2D eigenvalue weighted by Gasteiger charge is 2.23. The van der Waals surface area contributed by atoms with E-state index >= 15 is 0 Å². The van der Waals surface area contributed by atoms with Gasteiger partial charge in [0.2, 0.25) is 5.91 Å². The lowest BCUT2D eigenvalue weighted by molar-refractivity contribution is -0.135. The summed E-state index contributed by atoms with van der Waals surface area (Å²) in [7, 11) is 0. The first-order valence-corrected chi connectivity index (χ1v) is 10.6. The zero-order valence-electron chi connectivity index (χ0n) is 18.4. The average Bonchev–Trinajstić information content (AvgIpc) is 2.74. The third-order valence-corrected chi connectivity index (χ3v) is 5.36. The van der Waals surface area contributed by atoms with Gasteiger partial charge in [0.15, 0.2) is 6.61 Å². The smallest absolute Gasteiger partial charge is 0.260 e. The van der Waals surface area contributed by atoms with E-state index in [4.69, 9.17) is 4.74 Å². The molecule has 1 N–H and O–H groups in total. The van der Waals surface area contributed by atoms with Crippen LogP contribution in [0, 0.1) is 12.7 Å². The summed E-state index contributed by atoms with van der Waals surface area (Å²) in [5.41, 5.74) is 2.75. The molecule has 0 unspecified atom stereocenters. The molecule has 2 amide bonds. The monoisotopic (exact) mass is 427 g/mol. The summed E-state index contributed by atoms with van der Waals surface area (Å²) >= 11 is 0. The van der Waals surface area contributed by atoms with Gasteiger partial charge in [0.1, 0.15) is 11.6 Å². The van der Waals surface area contributed by atoms with Crippen LogP contribution in [-0.4, -0.2) is 60.9 Å². The second-order valence-electron chi connectivity index (χ2n) is 8.20. The molecule has 7 heteroatoms. The third kappa shape index (κ3) is 6.52. The Kier molecular flexibility index (Phi) is 7.63. The lowest BCUT2D eigenvalue weighted by Gasteiger charge is -2.34. The summed E-state index contributed by atoms with van der Waals surface area (Å²) in [6.07, 6.45) is 0. The number of nitrogens with one attached hydrogen (secondary N) is 1. The lowest BCUT2D eigenvalue weighted by Crippen LogP contribution is -2.51. The van der Waals surface area contributed by atoms with Crippen molar-refractivity contribution in [2.45, 2.75) is 26.7 Å². The minimum Gasteiger partial charge on any atom is -0.483 e. The van der Waals surface area contributed by atoms with E-state index in [1.54, 1.807) is 4.90 Å². The fourth-order valence-electron chi connectivity index (χ4n) is 3.57. The molecule has 0 radical (unpaired) electrons. The van der Waals surface area contributed by atoms with Crippen LogP contribution in [0.25, 0.3) is 0 Å². The van der Waals surface area contributed by atoms with Gasteiger partial charge in [0.05, 0.1) is 6.54 Å². The third-order valence-electron chi connectivity index (χ3n) is 5.36. The molecule has 0 aromatic heterocycles. The van der Waals surface area contributed by atoms with Crippen molar-refractivity contribution in [1.29, 1.82) is 0 Å². The molecule has 1 saturated heterocycles. The quantitative estimate of drug-likeness (QED) is 0.736. The molecule has 0 saturated carbocycles. The molecular weight excluding hydrogens is 397 g/mol. The summed E-state index contributed by atoms with van der Waals surface area (Å²) in [4.78, 5) is 28.6. The first kappa shape index (κ1) is 22.7. The van der Waals surface area contributed by atoms with Crippen LogP contribution in [0.15, 0.2) is 42.5 Å². The van der Waals surface area contributed by atoms with E-state index in [9.17, 15) is 14.0 Å². The molecule has 31 heavy (non-hydrogen) atoms. The molecule has 2 aromatic carbocycles. The summed E-state index contributed by atoms with van der Waals surface area (Å²) in [5, 5.41) is 2.76. The highest BCUT2D eigenvalue weighted by Crippen LogP contribution is 2.27. The predicted molar refractivity (Wildman–Crippen MR) is 119 cm³/mol. The number of piperazine rings is 1. The second kappa shape index (κ2) is 10.4. The maximum atomic E-state index is 13.0. The van der Waals surface area contributed by atoms with Crippen LogP contribution in [0.5, 0.6) is 5.75 Å². The number of nitrogens with zero attached hydrogens (tertiary/aromatic N) is 2. The zero-order chi connectivity index (χ0) is 22.4. The zero-order valence-corrected chi connectivity index (χ0v) is 18.4. The first-order valence-electron chi connectivity index (χ1n) is 10.6. The van der Waals surface area contributed by atoms with Crippen molar-refractivity contribution in [3.63, 3.8) is 0 Å². The number of rotatable bonds is 7. The fourth-order valence-corrected chi connectivity index (χ4v) is 3.57. The van der Waals surface area contributed by atoms with Gasteiger partial charge in [-0.3, -0.25) is 14.5 Å². The van der Waals surface area contributed by atoms with E-state index in [1.165, 1.54) is 24.3 Å². The van der Waals surface area contributed by atoms with E-state index in [0.29, 0.717) is 37.8 Å². The van der Waals surface area contributed by atoms with Crippen molar-refractivity contribution >= 4 is 17.5 Å². The Labute approximate surface area is 183 Å². The molecule has 0 bridgehead atoms. The summed E-state index contributed by atoms with van der Waals surface area (Å²) < 4.78 is 18.8. The molecule has 0 spiro atoms. The van der Waals surface area contributed by atoms with Crippen molar-refractivity contribution in [2.75, 3.05) is 44.6 Å². The van der Waals surface area contributed by atoms with Crippen LogP contribution in [-0.2, 0) is 9.59 Å². The number of hydrogen-bond donors (Lipinski definition) is 1. The summed E-state index contributed by atoms with van der Waals surface area (Å²) in [6, 6.07) is 11.8. The molecule has 1 aliphatic rings. The Morgan fingerprint density at radius 3 is 2.39 bits per heavy atom. The van der Waals surface area contributed by atoms with Gasteiger partial charge in [-0.2, -0.15) is 0 Å². The normalized spacial score (nSPS) is 14.5. The maximum Gasteiger partial charge on any atom is 0.260 e. The molecule has 1 aliphatic heterocycles. The Balaban J connectivity index is 1.44. The molecule has 166 valence electrons. The second-order valence-corrected chi connectivity index (χ2v) is 8.20. The number of ether oxygens (including phenoxy) is 1. The predicted octanol–water partition coefficient (Wildman–Crippen LogP) is 3.42. The molecular formula is C24H30FN3O3. The standard InChI is InChI=1S/C24H30FN3O3/c1-17(2)21-9-4-18(3)14-22(21)31-16-24(30)28-12-10-27(11-13-28)15-23(29)26-20-7-5-19(25)6-8-20/h4-9,14,17H,10-13,15-16H2,1-3H3,(H,26,29). The van der Waals surface area contributed by atoms with Crippen LogP contribution in [0.4, 0.5) is 10.1 Å². The van der Waals surface area contributed by atoms with E-state index in [-0.39, 0.29) is 30.8 Å². The maximum absolute atomic E-state index is 13.0. The van der Waals surface area contributed by atoms with Crippen LogP contribution in [0.2, 0.25) is 0 Å². The average molecular weight is 428 g/mol. The number of halogens is 1. The van der Waals surface area contributed by atoms with E-state index < -0.39 is 0 Å². The molecule has 6 nitrogen and oxygen atoms in total. The molecule has 0 atom stereocenters. The number of aryl methyl sites for hydroxylation is 1. The lowest BCUT2D eigenvalue weighted by atomic mass is 10.0. The highest BCUT2D eigenvalue weighted by molar-refractivity contribution is 5.92. The summed E-state index contributed by atoms with van der Waals surface area (Å²) in [5.74, 6) is 0.530. The molecule has 0 aliphatic carbocycles. The molecule has 2 aromatic rings. The van der Waals surface area contributed by atoms with E-state index in [1.807, 2.05) is 17.9 Å². The number of carbonyl (C=O) groups excluding carboxylic acids is 2. The van der Waals surface area contributed by atoms with E-state index in [2.05, 4.69) is 31.3 Å². The Morgan fingerprint density at radius 2 is 1.74 bits per heavy atom. The minimum absolute atomic E-state index is 0.00816. The van der Waals surface area contributed by atoms with Gasteiger partial charge >= 0.3 is 0 Å². The number of carbonyl (C=O) groups is 2. The first-order chi connectivity index (χ1) is 14.8. The van der Waals surface area contributed by atoms with Crippen LogP contribution >= 0.6 is 0 Å². The van der Waals surface area contributed by atoms with Crippen molar-refractivity contribution in [2.24, 2.45) is 0 Å². The Bertz CT molecular complexity index is 907. The van der Waals surface area contributed by atoms with Gasteiger partial charge in [0, 0.05) is 31.9 Å². The number of hydrogen-bond acceptors (Lipinski definition) is 4. The molecule has 3 rings (SSSR count). The Morgan fingerprint density at radius 1 is 1.06 bits per heavy atom. The summed E-state index contributed by atoms with van der Waals surface area (Å²) in [6.45, 7) is 8.79.